The molecule has 1 saturated heterocycles. The van der Waals surface area contributed by atoms with Gasteiger partial charge < -0.3 is 34.3 Å². The van der Waals surface area contributed by atoms with Gasteiger partial charge in [0, 0.05) is 55.4 Å². The molecule has 12 nitrogen and oxygen atoms in total. The predicted octanol–water partition coefficient (Wildman–Crippen LogP) is 5.72. The zero-order valence-corrected chi connectivity index (χ0v) is 25.0. The normalized spacial score (nSPS) is 15.3. The van der Waals surface area contributed by atoms with Gasteiger partial charge in [0.2, 0.25) is 5.78 Å². The molecular formula is C31H32F2N6O6. The fourth-order valence-corrected chi connectivity index (χ4v) is 5.44. The predicted molar refractivity (Wildman–Crippen MR) is 164 cm³/mol. The number of ketones is 1. The Bertz CT molecular complexity index is 1760. The van der Waals surface area contributed by atoms with Gasteiger partial charge in [-0.1, -0.05) is 6.92 Å². The van der Waals surface area contributed by atoms with Gasteiger partial charge >= 0.3 is 0 Å². The number of aromatic nitrogens is 1. The number of likely N-dealkylation sites (N-methyl/N-ethyl adjacent to an activating group) is 1. The summed E-state index contributed by atoms with van der Waals surface area (Å²) >= 11 is 0. The number of carbonyl (C=O) groups is 1. The summed E-state index contributed by atoms with van der Waals surface area (Å²) in [5.41, 5.74) is 0.395. The quantitative estimate of drug-likeness (QED) is 0.121. The third-order valence-corrected chi connectivity index (χ3v) is 8.13. The lowest BCUT2D eigenvalue weighted by molar-refractivity contribution is -0.383. The Kier molecular flexibility index (Phi) is 8.14. The molecule has 2 aromatic heterocycles. The van der Waals surface area contributed by atoms with E-state index in [1.165, 1.54) is 20.4 Å². The van der Waals surface area contributed by atoms with Crippen molar-refractivity contribution in [3.05, 3.63) is 69.6 Å². The van der Waals surface area contributed by atoms with E-state index in [9.17, 15) is 14.9 Å². The first-order valence-corrected chi connectivity index (χ1v) is 14.6. The van der Waals surface area contributed by atoms with Crippen LogP contribution in [0.4, 0.5) is 37.3 Å². The maximum Gasteiger partial charge on any atom is 0.294 e. The number of nitrogens with zero attached hydrogens (tertiary/aromatic N) is 4. The summed E-state index contributed by atoms with van der Waals surface area (Å²) in [7, 11) is 2.38. The van der Waals surface area contributed by atoms with Gasteiger partial charge in [-0.05, 0) is 37.6 Å². The molecule has 14 heteroatoms. The third-order valence-electron chi connectivity index (χ3n) is 8.13. The number of halogens is 2. The molecule has 4 aromatic rings. The molecule has 6 rings (SSSR count). The molecule has 0 amide bonds. The van der Waals surface area contributed by atoms with Crippen LogP contribution in [0.5, 0.6) is 11.5 Å². The second-order valence-electron chi connectivity index (χ2n) is 10.9. The van der Waals surface area contributed by atoms with Crippen molar-refractivity contribution >= 4 is 45.3 Å². The molecule has 3 heterocycles. The van der Waals surface area contributed by atoms with Gasteiger partial charge in [0.05, 0.1) is 31.0 Å². The summed E-state index contributed by atoms with van der Waals surface area (Å²) in [6.45, 7) is 6.37. The Morgan fingerprint density at radius 3 is 2.38 bits per heavy atom. The Balaban J connectivity index is 1.35. The standard InChI is InChI=1S/C31H32F2N6O6/c1-4-37-9-11-38(12-10-37)18-7-8-20(21(13-18)39(41)42)36-25-14-19-24(16-34-25)45-31(29(19)35-17-5-6-17)30(40)26-27(32)22(43-2)15-23(44-3)28(26)33/h7-8,13-17,35H,4-6,9-12H2,1-3H3,(H,34,36). The van der Waals surface area contributed by atoms with Gasteiger partial charge in [-0.3, -0.25) is 14.9 Å². The number of ether oxygens (including phenoxy) is 2. The monoisotopic (exact) mass is 622 g/mol. The van der Waals surface area contributed by atoms with Crippen molar-refractivity contribution in [1.29, 1.82) is 0 Å². The second kappa shape index (κ2) is 12.2. The number of rotatable bonds is 11. The second-order valence-corrected chi connectivity index (χ2v) is 10.9. The summed E-state index contributed by atoms with van der Waals surface area (Å²) in [5.74, 6) is -4.25. The minimum Gasteiger partial charge on any atom is -0.494 e. The molecule has 0 bridgehead atoms. The van der Waals surface area contributed by atoms with E-state index in [1.54, 1.807) is 18.2 Å². The largest absolute Gasteiger partial charge is 0.494 e. The number of carbonyl (C=O) groups excluding carboxylic acids is 1. The van der Waals surface area contributed by atoms with E-state index in [1.807, 2.05) is 6.07 Å². The fraction of sp³-hybridized carbons (Fsp3) is 0.355. The SMILES string of the molecule is CCN1CCN(c2ccc(Nc3cc4c(NC5CC5)c(C(=O)c5c(F)c(OC)cc(OC)c5F)oc4cn3)c([N+](=O)[O-])c2)CC1. The Hall–Kier alpha value is -4.98. The highest BCUT2D eigenvalue weighted by atomic mass is 19.1. The molecule has 1 aliphatic carbocycles. The van der Waals surface area contributed by atoms with Crippen LogP contribution >= 0.6 is 0 Å². The van der Waals surface area contributed by atoms with Gasteiger partial charge in [0.15, 0.2) is 34.5 Å². The third kappa shape index (κ3) is 5.80. The maximum absolute atomic E-state index is 15.3. The molecule has 0 radical (unpaired) electrons. The van der Waals surface area contributed by atoms with Crippen LogP contribution in [0.1, 0.15) is 35.9 Å². The van der Waals surface area contributed by atoms with E-state index in [-0.39, 0.29) is 51.8 Å². The van der Waals surface area contributed by atoms with E-state index < -0.39 is 27.9 Å². The number of pyridine rings is 1. The first kappa shape index (κ1) is 30.1. The van der Waals surface area contributed by atoms with Gasteiger partial charge in [-0.2, -0.15) is 0 Å². The van der Waals surface area contributed by atoms with Crippen LogP contribution in [-0.2, 0) is 0 Å². The summed E-state index contributed by atoms with van der Waals surface area (Å²) in [5, 5.41) is 18.7. The maximum atomic E-state index is 15.3. The van der Waals surface area contributed by atoms with Crippen molar-refractivity contribution in [3.8, 4) is 11.5 Å². The molecule has 45 heavy (non-hydrogen) atoms. The van der Waals surface area contributed by atoms with Crippen molar-refractivity contribution in [2.24, 2.45) is 0 Å². The number of anilines is 4. The van der Waals surface area contributed by atoms with Crippen LogP contribution in [0.2, 0.25) is 0 Å². The molecule has 2 aromatic carbocycles. The van der Waals surface area contributed by atoms with Crippen LogP contribution in [0, 0.1) is 21.7 Å². The lowest BCUT2D eigenvalue weighted by Crippen LogP contribution is -2.46. The number of nitrogens with one attached hydrogen (secondary N) is 2. The summed E-state index contributed by atoms with van der Waals surface area (Å²) in [6.07, 6.45) is 3.01. The van der Waals surface area contributed by atoms with E-state index >= 15 is 8.78 Å². The molecule has 2 N–H and O–H groups in total. The van der Waals surface area contributed by atoms with Gasteiger partial charge in [0.25, 0.3) is 5.69 Å². The Morgan fingerprint density at radius 2 is 1.78 bits per heavy atom. The molecule has 0 spiro atoms. The summed E-state index contributed by atoms with van der Waals surface area (Å²) in [4.78, 5) is 34.1. The van der Waals surface area contributed by atoms with Gasteiger partial charge in [0.1, 0.15) is 17.1 Å². The van der Waals surface area contributed by atoms with Crippen molar-refractivity contribution in [2.75, 3.05) is 62.5 Å². The highest BCUT2D eigenvalue weighted by Gasteiger charge is 2.33. The molecule has 1 aliphatic heterocycles. The molecule has 1 saturated carbocycles. The van der Waals surface area contributed by atoms with Crippen LogP contribution in [0.15, 0.2) is 40.9 Å². The number of hydrogen-bond donors (Lipinski definition) is 2. The summed E-state index contributed by atoms with van der Waals surface area (Å²) < 4.78 is 46.3. The van der Waals surface area contributed by atoms with Crippen LogP contribution in [0.3, 0.4) is 0 Å². The topological polar surface area (TPSA) is 135 Å². The van der Waals surface area contributed by atoms with E-state index in [0.717, 1.165) is 57.3 Å². The molecule has 2 fully saturated rings. The Labute approximate surface area is 257 Å². The number of piperazine rings is 1. The highest BCUT2D eigenvalue weighted by Crippen LogP contribution is 2.40. The smallest absolute Gasteiger partial charge is 0.294 e. The van der Waals surface area contributed by atoms with E-state index in [4.69, 9.17) is 13.9 Å². The number of benzene rings is 2. The zero-order valence-electron chi connectivity index (χ0n) is 25.0. The van der Waals surface area contributed by atoms with Crippen molar-refractivity contribution < 1.29 is 32.4 Å². The molecular weight excluding hydrogens is 590 g/mol. The van der Waals surface area contributed by atoms with E-state index in [2.05, 4.69) is 32.3 Å². The lowest BCUT2D eigenvalue weighted by Gasteiger charge is -2.35. The average molecular weight is 623 g/mol. The molecule has 2 aliphatic rings. The first-order chi connectivity index (χ1) is 21.7. The zero-order chi connectivity index (χ0) is 31.8. The highest BCUT2D eigenvalue weighted by molar-refractivity contribution is 6.15. The fourth-order valence-electron chi connectivity index (χ4n) is 5.44. The van der Waals surface area contributed by atoms with Crippen molar-refractivity contribution in [2.45, 2.75) is 25.8 Å². The molecule has 0 unspecified atom stereocenters. The number of furan rings is 1. The number of hydrogen-bond acceptors (Lipinski definition) is 11. The molecule has 0 atom stereocenters. The minimum atomic E-state index is -1.19. The van der Waals surface area contributed by atoms with Crippen molar-refractivity contribution in [3.63, 3.8) is 0 Å². The van der Waals surface area contributed by atoms with Crippen LogP contribution < -0.4 is 25.0 Å². The number of nitro benzene ring substituents is 1. The van der Waals surface area contributed by atoms with Crippen molar-refractivity contribution in [1.82, 2.24) is 9.88 Å². The Morgan fingerprint density at radius 1 is 1.09 bits per heavy atom. The first-order valence-electron chi connectivity index (χ1n) is 14.6. The minimum absolute atomic E-state index is 0.0317. The van der Waals surface area contributed by atoms with Gasteiger partial charge in [-0.15, -0.1) is 0 Å². The lowest BCUT2D eigenvalue weighted by atomic mass is 10.0. The number of fused-ring (bicyclic) bond motifs is 1. The van der Waals surface area contributed by atoms with Crippen LogP contribution in [-0.4, -0.2) is 73.6 Å². The van der Waals surface area contributed by atoms with Gasteiger partial charge in [-0.25, -0.2) is 13.8 Å². The molecule has 236 valence electrons. The van der Waals surface area contributed by atoms with Crippen LogP contribution in [0.25, 0.3) is 11.0 Å². The van der Waals surface area contributed by atoms with E-state index in [0.29, 0.717) is 5.39 Å². The number of nitro groups is 1. The summed E-state index contributed by atoms with van der Waals surface area (Å²) in [6, 6.07) is 7.63. The number of methoxy groups -OCH3 is 2. The average Bonchev–Trinajstić information content (AvgIpc) is 3.80.